The molecule has 0 aliphatic heterocycles. The predicted molar refractivity (Wildman–Crippen MR) is 103 cm³/mol. The van der Waals surface area contributed by atoms with E-state index < -0.39 is 0 Å². The Balaban J connectivity index is 1.71. The number of allylic oxidation sites excluding steroid dienone is 1. The van der Waals surface area contributed by atoms with Crippen LogP contribution in [0.5, 0.6) is 0 Å². The number of aromatic nitrogens is 5. The van der Waals surface area contributed by atoms with Crippen molar-refractivity contribution in [1.82, 2.24) is 25.0 Å². The zero-order valence-corrected chi connectivity index (χ0v) is 16.1. The summed E-state index contributed by atoms with van der Waals surface area (Å²) in [6.45, 7) is 4.29. The van der Waals surface area contributed by atoms with E-state index in [2.05, 4.69) is 48.1 Å². The van der Waals surface area contributed by atoms with Crippen LogP contribution >= 0.6 is 39.0 Å². The second-order valence-corrected chi connectivity index (χ2v) is 7.47. The zero-order chi connectivity index (χ0) is 17.6. The van der Waals surface area contributed by atoms with Crippen LogP contribution in [0.3, 0.4) is 0 Å². The van der Waals surface area contributed by atoms with Crippen molar-refractivity contribution in [2.75, 3.05) is 11.1 Å². The highest BCUT2D eigenvalue weighted by Gasteiger charge is 2.14. The molecule has 0 aliphatic rings. The van der Waals surface area contributed by atoms with E-state index in [0.29, 0.717) is 16.8 Å². The average Bonchev–Trinajstić information content (AvgIpc) is 3.24. The minimum Gasteiger partial charge on any atom is -0.300 e. The topological polar surface area (TPSA) is 85.6 Å². The fourth-order valence-electron chi connectivity index (χ4n) is 1.96. The molecule has 128 valence electrons. The highest BCUT2D eigenvalue weighted by Crippen LogP contribution is 2.24. The first-order valence-corrected chi connectivity index (χ1v) is 9.82. The van der Waals surface area contributed by atoms with Gasteiger partial charge in [0.25, 0.3) is 0 Å². The van der Waals surface area contributed by atoms with Gasteiger partial charge in [0.05, 0.1) is 12.3 Å². The number of halogens is 1. The van der Waals surface area contributed by atoms with Crippen LogP contribution in [0.4, 0.5) is 5.13 Å². The SMILES string of the molecule is C=CCn1nc(SCC(=O)Nc2nncs2)nc1-c1ccc(Br)cc1. The molecule has 0 radical (unpaired) electrons. The van der Waals surface area contributed by atoms with Gasteiger partial charge < -0.3 is 0 Å². The zero-order valence-electron chi connectivity index (χ0n) is 12.9. The van der Waals surface area contributed by atoms with E-state index in [0.717, 1.165) is 15.9 Å². The Hall–Kier alpha value is -2.04. The van der Waals surface area contributed by atoms with Crippen LogP contribution in [0, 0.1) is 0 Å². The standard InChI is InChI=1S/C15H13BrN6OS2/c1-2-7-22-13(10-3-5-11(16)6-4-10)19-15(21-22)24-8-12(23)18-14-20-17-9-25-14/h2-6,9H,1,7-8H2,(H,18,20,23). The number of nitrogens with zero attached hydrogens (tertiary/aromatic N) is 5. The molecule has 2 aromatic heterocycles. The summed E-state index contributed by atoms with van der Waals surface area (Å²) in [5.41, 5.74) is 2.51. The molecule has 1 N–H and O–H groups in total. The first-order chi connectivity index (χ1) is 12.2. The number of carbonyl (C=O) groups excluding carboxylic acids is 1. The first-order valence-electron chi connectivity index (χ1n) is 7.16. The molecule has 7 nitrogen and oxygen atoms in total. The van der Waals surface area contributed by atoms with Gasteiger partial charge in [0.2, 0.25) is 16.2 Å². The van der Waals surface area contributed by atoms with E-state index in [1.54, 1.807) is 16.3 Å². The number of carbonyl (C=O) groups is 1. The Morgan fingerprint density at radius 3 is 2.88 bits per heavy atom. The molecular weight excluding hydrogens is 424 g/mol. The molecule has 1 aromatic carbocycles. The number of hydrogen-bond donors (Lipinski definition) is 1. The van der Waals surface area contributed by atoms with E-state index in [1.807, 2.05) is 24.3 Å². The van der Waals surface area contributed by atoms with Gasteiger partial charge in [-0.3, -0.25) is 10.1 Å². The van der Waals surface area contributed by atoms with Crippen molar-refractivity contribution in [2.45, 2.75) is 11.7 Å². The van der Waals surface area contributed by atoms with E-state index >= 15 is 0 Å². The van der Waals surface area contributed by atoms with Gasteiger partial charge in [-0.25, -0.2) is 9.67 Å². The maximum Gasteiger partial charge on any atom is 0.236 e. The van der Waals surface area contributed by atoms with Gasteiger partial charge in [-0.1, -0.05) is 57.2 Å². The van der Waals surface area contributed by atoms with Gasteiger partial charge in [0, 0.05) is 10.0 Å². The number of nitrogens with one attached hydrogen (secondary N) is 1. The van der Waals surface area contributed by atoms with E-state index in [9.17, 15) is 4.79 Å². The van der Waals surface area contributed by atoms with Crippen molar-refractivity contribution < 1.29 is 4.79 Å². The van der Waals surface area contributed by atoms with E-state index in [-0.39, 0.29) is 11.7 Å². The smallest absolute Gasteiger partial charge is 0.236 e. The number of rotatable bonds is 7. The highest BCUT2D eigenvalue weighted by atomic mass is 79.9. The molecule has 0 saturated heterocycles. The average molecular weight is 437 g/mol. The molecule has 3 rings (SSSR count). The van der Waals surface area contributed by atoms with Crippen LogP contribution in [0.15, 0.2) is 52.1 Å². The monoisotopic (exact) mass is 436 g/mol. The van der Waals surface area contributed by atoms with Crippen LogP contribution in [-0.4, -0.2) is 36.6 Å². The summed E-state index contributed by atoms with van der Waals surface area (Å²) in [6, 6.07) is 7.82. The number of hydrogen-bond acceptors (Lipinski definition) is 7. The van der Waals surface area contributed by atoms with Gasteiger partial charge in [0.15, 0.2) is 5.82 Å². The Kier molecular flexibility index (Phi) is 5.95. The van der Waals surface area contributed by atoms with Crippen molar-refractivity contribution in [2.24, 2.45) is 0 Å². The minimum absolute atomic E-state index is 0.174. The van der Waals surface area contributed by atoms with Gasteiger partial charge in [-0.05, 0) is 12.1 Å². The summed E-state index contributed by atoms with van der Waals surface area (Å²) in [6.07, 6.45) is 1.76. The maximum atomic E-state index is 11.9. The van der Waals surface area contributed by atoms with Gasteiger partial charge in [0.1, 0.15) is 5.51 Å². The summed E-state index contributed by atoms with van der Waals surface area (Å²) >= 11 is 5.96. The molecule has 0 aliphatic carbocycles. The highest BCUT2D eigenvalue weighted by molar-refractivity contribution is 9.10. The largest absolute Gasteiger partial charge is 0.300 e. The minimum atomic E-state index is -0.174. The van der Waals surface area contributed by atoms with Gasteiger partial charge >= 0.3 is 0 Å². The molecule has 0 fully saturated rings. The lowest BCUT2D eigenvalue weighted by Gasteiger charge is -2.02. The summed E-state index contributed by atoms with van der Waals surface area (Å²) in [5.74, 6) is 0.753. The molecular formula is C15H13BrN6OS2. The lowest BCUT2D eigenvalue weighted by Crippen LogP contribution is -2.14. The molecule has 1 amide bonds. The van der Waals surface area contributed by atoms with Crippen molar-refractivity contribution in [3.8, 4) is 11.4 Å². The lowest BCUT2D eigenvalue weighted by molar-refractivity contribution is -0.113. The number of thioether (sulfide) groups is 1. The van der Waals surface area contributed by atoms with Crippen LogP contribution in [-0.2, 0) is 11.3 Å². The van der Waals surface area contributed by atoms with Gasteiger partial charge in [-0.2, -0.15) is 0 Å². The molecule has 10 heteroatoms. The Bertz CT molecular complexity index is 863. The van der Waals surface area contributed by atoms with Crippen molar-refractivity contribution in [3.05, 3.63) is 46.9 Å². The third-order valence-corrected chi connectivity index (χ3v) is 4.97. The molecule has 0 saturated carbocycles. The van der Waals surface area contributed by atoms with E-state index in [1.165, 1.54) is 23.1 Å². The predicted octanol–water partition coefficient (Wildman–Crippen LogP) is 3.48. The molecule has 0 unspecified atom stereocenters. The number of anilines is 1. The fraction of sp³-hybridized carbons (Fsp3) is 0.133. The summed E-state index contributed by atoms with van der Waals surface area (Å²) in [7, 11) is 0. The van der Waals surface area contributed by atoms with Gasteiger partial charge in [-0.15, -0.1) is 21.9 Å². The normalized spacial score (nSPS) is 10.6. The summed E-state index contributed by atoms with van der Waals surface area (Å²) < 4.78 is 2.76. The Morgan fingerprint density at radius 2 is 2.20 bits per heavy atom. The van der Waals surface area contributed by atoms with Crippen molar-refractivity contribution >= 4 is 50.1 Å². The third kappa shape index (κ3) is 4.74. The van der Waals surface area contributed by atoms with Crippen molar-refractivity contribution in [3.63, 3.8) is 0 Å². The Labute approximate surface area is 160 Å². The molecule has 0 bridgehead atoms. The third-order valence-electron chi connectivity index (χ3n) is 3.00. The molecule has 25 heavy (non-hydrogen) atoms. The second kappa shape index (κ2) is 8.37. The quantitative estimate of drug-likeness (QED) is 0.450. The lowest BCUT2D eigenvalue weighted by atomic mass is 10.2. The molecule has 2 heterocycles. The molecule has 0 spiro atoms. The number of amides is 1. The fourth-order valence-corrected chi connectivity index (χ4v) is 3.32. The van der Waals surface area contributed by atoms with Crippen LogP contribution in [0.25, 0.3) is 11.4 Å². The molecule has 0 atom stereocenters. The first kappa shape index (κ1) is 17.8. The summed E-state index contributed by atoms with van der Waals surface area (Å²) in [5, 5.41) is 15.6. The van der Waals surface area contributed by atoms with Crippen LogP contribution in [0.1, 0.15) is 0 Å². The van der Waals surface area contributed by atoms with Crippen LogP contribution in [0.2, 0.25) is 0 Å². The maximum absolute atomic E-state index is 11.9. The molecule has 3 aromatic rings. The number of benzene rings is 1. The Morgan fingerprint density at radius 1 is 1.40 bits per heavy atom. The van der Waals surface area contributed by atoms with Crippen molar-refractivity contribution in [1.29, 1.82) is 0 Å². The van der Waals surface area contributed by atoms with Crippen LogP contribution < -0.4 is 5.32 Å². The summed E-state index contributed by atoms with van der Waals surface area (Å²) in [4.78, 5) is 16.5. The van der Waals surface area contributed by atoms with E-state index in [4.69, 9.17) is 0 Å². The second-order valence-electron chi connectivity index (χ2n) is 4.78.